The van der Waals surface area contributed by atoms with Gasteiger partial charge in [0.25, 0.3) is 0 Å². The molecule has 0 aromatic rings. The van der Waals surface area contributed by atoms with E-state index in [1.165, 1.54) is 49.8 Å². The van der Waals surface area contributed by atoms with Crippen LogP contribution in [-0.4, -0.2) is 23.5 Å². The second kappa shape index (κ2) is 4.61. The van der Waals surface area contributed by atoms with Crippen LogP contribution in [0.2, 0.25) is 0 Å². The Morgan fingerprint density at radius 2 is 2.12 bits per heavy atom. The molecule has 0 aromatic carbocycles. The van der Waals surface area contributed by atoms with Crippen molar-refractivity contribution in [3.63, 3.8) is 0 Å². The minimum atomic E-state index is 0.489. The van der Waals surface area contributed by atoms with Crippen molar-refractivity contribution in [1.29, 1.82) is 0 Å². The zero-order valence-corrected chi connectivity index (χ0v) is 11.8. The molecule has 2 fully saturated rings. The van der Waals surface area contributed by atoms with E-state index >= 15 is 0 Å². The molecular formula is C16H27N. The zero-order valence-electron chi connectivity index (χ0n) is 11.8. The molecule has 0 N–H and O–H groups in total. The van der Waals surface area contributed by atoms with Gasteiger partial charge in [-0.2, -0.15) is 0 Å². The maximum absolute atomic E-state index is 4.30. The van der Waals surface area contributed by atoms with E-state index in [-0.39, 0.29) is 0 Å². The lowest BCUT2D eigenvalue weighted by molar-refractivity contribution is 0.207. The lowest BCUT2D eigenvalue weighted by Gasteiger charge is -2.29. The van der Waals surface area contributed by atoms with E-state index in [1.807, 2.05) is 0 Å². The molecule has 1 heterocycles. The fourth-order valence-corrected chi connectivity index (χ4v) is 2.97. The molecule has 1 heteroatoms. The quantitative estimate of drug-likeness (QED) is 0.644. The zero-order chi connectivity index (χ0) is 12.6. The van der Waals surface area contributed by atoms with Gasteiger partial charge in [-0.25, -0.2) is 0 Å². The van der Waals surface area contributed by atoms with Crippen LogP contribution in [0.3, 0.4) is 0 Å². The van der Waals surface area contributed by atoms with Crippen molar-refractivity contribution in [3.8, 4) is 0 Å². The molecule has 1 nitrogen and oxygen atoms in total. The fraction of sp³-hybridized carbons (Fsp3) is 0.750. The van der Waals surface area contributed by atoms with Crippen molar-refractivity contribution >= 4 is 0 Å². The van der Waals surface area contributed by atoms with Crippen LogP contribution in [0.5, 0.6) is 0 Å². The molecule has 0 bridgehead atoms. The third-order valence-corrected chi connectivity index (χ3v) is 4.80. The minimum Gasteiger partial charge on any atom is -0.294 e. The highest BCUT2D eigenvalue weighted by atomic mass is 15.2. The predicted octanol–water partition coefficient (Wildman–Crippen LogP) is 4.16. The van der Waals surface area contributed by atoms with Crippen LogP contribution in [0.1, 0.15) is 52.9 Å². The number of rotatable bonds is 5. The van der Waals surface area contributed by atoms with E-state index in [0.29, 0.717) is 17.5 Å². The number of hydrogen-bond donors (Lipinski definition) is 0. The van der Waals surface area contributed by atoms with E-state index in [9.17, 15) is 0 Å². The first kappa shape index (κ1) is 12.9. The summed E-state index contributed by atoms with van der Waals surface area (Å²) in [6, 6.07) is 1.25. The van der Waals surface area contributed by atoms with E-state index in [4.69, 9.17) is 0 Å². The second-order valence-electron chi connectivity index (χ2n) is 6.46. The van der Waals surface area contributed by atoms with Crippen LogP contribution in [0.4, 0.5) is 0 Å². The monoisotopic (exact) mass is 233 g/mol. The molecule has 96 valence electrons. The maximum Gasteiger partial charge on any atom is 0.0311 e. The van der Waals surface area contributed by atoms with Crippen LogP contribution in [0.25, 0.3) is 0 Å². The smallest absolute Gasteiger partial charge is 0.0311 e. The summed E-state index contributed by atoms with van der Waals surface area (Å²) in [5, 5.41) is 0. The molecule has 1 saturated carbocycles. The molecule has 1 aliphatic heterocycles. The van der Waals surface area contributed by atoms with Gasteiger partial charge >= 0.3 is 0 Å². The fourth-order valence-electron chi connectivity index (χ4n) is 2.97. The van der Waals surface area contributed by atoms with Crippen LogP contribution in [0.15, 0.2) is 24.3 Å². The molecule has 0 aromatic heterocycles. The average molecular weight is 233 g/mol. The van der Waals surface area contributed by atoms with Crippen molar-refractivity contribution in [2.45, 2.75) is 65.0 Å². The first-order valence-corrected chi connectivity index (χ1v) is 7.06. The lowest BCUT2D eigenvalue weighted by Crippen LogP contribution is -2.36. The van der Waals surface area contributed by atoms with Gasteiger partial charge in [0.1, 0.15) is 0 Å². The van der Waals surface area contributed by atoms with E-state index in [1.54, 1.807) is 0 Å². The van der Waals surface area contributed by atoms with Gasteiger partial charge in [-0.05, 0) is 51.4 Å². The Hall–Kier alpha value is -0.560. The maximum atomic E-state index is 4.30. The summed E-state index contributed by atoms with van der Waals surface area (Å²) in [5.74, 6) is 0. The molecule has 1 aliphatic carbocycles. The first-order chi connectivity index (χ1) is 7.94. The number of likely N-dealkylation sites (tertiary alicyclic amines) is 1. The topological polar surface area (TPSA) is 3.24 Å². The second-order valence-corrected chi connectivity index (χ2v) is 6.46. The molecule has 2 aliphatic rings. The Morgan fingerprint density at radius 1 is 1.47 bits per heavy atom. The van der Waals surface area contributed by atoms with Crippen molar-refractivity contribution < 1.29 is 0 Å². The van der Waals surface area contributed by atoms with Crippen molar-refractivity contribution in [2.75, 3.05) is 6.54 Å². The van der Waals surface area contributed by atoms with E-state index < -0.39 is 0 Å². The molecular weight excluding hydrogens is 206 g/mol. The van der Waals surface area contributed by atoms with Gasteiger partial charge in [-0.15, -0.1) is 0 Å². The Kier molecular flexibility index (Phi) is 3.49. The summed E-state index contributed by atoms with van der Waals surface area (Å²) in [5.41, 5.74) is 3.40. The van der Waals surface area contributed by atoms with Gasteiger partial charge in [0.2, 0.25) is 0 Å². The molecule has 1 atom stereocenters. The van der Waals surface area contributed by atoms with Crippen molar-refractivity contribution in [3.05, 3.63) is 24.3 Å². The predicted molar refractivity (Wildman–Crippen MR) is 75.1 cm³/mol. The standard InChI is InChI=1S/C16H27N/c1-12(2)17-11-8-13(3)15(17)7-6-14(4)16(5)9-10-16/h12,15H,3-4,6-11H2,1-2,5H3. The lowest BCUT2D eigenvalue weighted by atomic mass is 9.92. The molecule has 17 heavy (non-hydrogen) atoms. The summed E-state index contributed by atoms with van der Waals surface area (Å²) in [6.07, 6.45) is 6.30. The van der Waals surface area contributed by atoms with Gasteiger partial charge in [0.05, 0.1) is 0 Å². The summed E-state index contributed by atoms with van der Waals surface area (Å²) < 4.78 is 0. The summed E-state index contributed by atoms with van der Waals surface area (Å²) in [4.78, 5) is 2.60. The van der Waals surface area contributed by atoms with Crippen molar-refractivity contribution in [2.24, 2.45) is 5.41 Å². The highest BCUT2D eigenvalue weighted by molar-refractivity contribution is 5.19. The van der Waals surface area contributed by atoms with Crippen LogP contribution >= 0.6 is 0 Å². The molecule has 1 unspecified atom stereocenters. The summed E-state index contributed by atoms with van der Waals surface area (Å²) in [6.45, 7) is 16.7. The highest BCUT2D eigenvalue weighted by Gasteiger charge is 2.40. The first-order valence-electron chi connectivity index (χ1n) is 7.06. The summed E-state index contributed by atoms with van der Waals surface area (Å²) in [7, 11) is 0. The van der Waals surface area contributed by atoms with Crippen LogP contribution < -0.4 is 0 Å². The largest absolute Gasteiger partial charge is 0.294 e. The molecule has 2 rings (SSSR count). The number of hydrogen-bond acceptors (Lipinski definition) is 1. The average Bonchev–Trinajstić information content (AvgIpc) is 2.90. The molecule has 0 spiro atoms. The molecule has 1 saturated heterocycles. The highest BCUT2D eigenvalue weighted by Crippen LogP contribution is 2.52. The Balaban J connectivity index is 1.88. The van der Waals surface area contributed by atoms with Gasteiger partial charge in [-0.3, -0.25) is 4.90 Å². The minimum absolute atomic E-state index is 0.489. The van der Waals surface area contributed by atoms with Crippen molar-refractivity contribution in [1.82, 2.24) is 4.90 Å². The van der Waals surface area contributed by atoms with E-state index in [0.717, 1.165) is 0 Å². The third kappa shape index (κ3) is 2.65. The van der Waals surface area contributed by atoms with Crippen LogP contribution in [-0.2, 0) is 0 Å². The van der Waals surface area contributed by atoms with Gasteiger partial charge in [-0.1, -0.05) is 31.2 Å². The number of nitrogens with zero attached hydrogens (tertiary/aromatic N) is 1. The van der Waals surface area contributed by atoms with Gasteiger partial charge < -0.3 is 0 Å². The van der Waals surface area contributed by atoms with Gasteiger partial charge in [0.15, 0.2) is 0 Å². The SMILES string of the molecule is C=C1CCN(C(C)C)C1CCC(=C)C1(C)CC1. The molecule has 0 radical (unpaired) electrons. The van der Waals surface area contributed by atoms with Gasteiger partial charge in [0, 0.05) is 18.6 Å². The van der Waals surface area contributed by atoms with Crippen LogP contribution in [0, 0.1) is 5.41 Å². The summed E-state index contributed by atoms with van der Waals surface area (Å²) >= 11 is 0. The third-order valence-electron chi connectivity index (χ3n) is 4.80. The Morgan fingerprint density at radius 3 is 2.65 bits per heavy atom. The normalized spacial score (nSPS) is 27.8. The Bertz CT molecular complexity index is 322. The molecule has 0 amide bonds. The van der Waals surface area contributed by atoms with E-state index in [2.05, 4.69) is 38.8 Å². The Labute approximate surface area is 107 Å². The number of allylic oxidation sites excluding steroid dienone is 1.